The maximum atomic E-state index is 14.5. The summed E-state index contributed by atoms with van der Waals surface area (Å²) in [6, 6.07) is 8.10. The van der Waals surface area contributed by atoms with E-state index in [2.05, 4.69) is 20.2 Å². The Balaban J connectivity index is 1.78. The van der Waals surface area contributed by atoms with Gasteiger partial charge in [0.1, 0.15) is 5.82 Å². The van der Waals surface area contributed by atoms with E-state index in [0.717, 1.165) is 28.7 Å². The third kappa shape index (κ3) is 4.22. The Labute approximate surface area is 185 Å². The minimum Gasteiger partial charge on any atom is -0.233 e. The quantitative estimate of drug-likeness (QED) is 0.385. The molecule has 0 saturated heterocycles. The first kappa shape index (κ1) is 21.9. The van der Waals surface area contributed by atoms with Crippen molar-refractivity contribution in [3.05, 3.63) is 82.4 Å². The second kappa shape index (κ2) is 7.70. The summed E-state index contributed by atoms with van der Waals surface area (Å²) in [6.07, 6.45) is -1.80. The molecule has 0 radical (unpaired) electrons. The summed E-state index contributed by atoms with van der Waals surface area (Å²) in [5.74, 6) is -0.298. The highest BCUT2D eigenvalue weighted by Gasteiger charge is 2.34. The van der Waals surface area contributed by atoms with E-state index < -0.39 is 23.1 Å². The van der Waals surface area contributed by atoms with E-state index in [1.165, 1.54) is 6.07 Å². The molecule has 11 heteroatoms. The van der Waals surface area contributed by atoms with Crippen molar-refractivity contribution in [2.45, 2.75) is 32.4 Å². The molecule has 0 spiro atoms. The summed E-state index contributed by atoms with van der Waals surface area (Å²) in [7, 11) is 0. The van der Waals surface area contributed by atoms with Gasteiger partial charge < -0.3 is 0 Å². The average molecular weight is 465 g/mol. The van der Waals surface area contributed by atoms with Gasteiger partial charge in [-0.1, -0.05) is 11.6 Å². The Kier molecular flexibility index (Phi) is 5.28. The molecule has 4 aromatic rings. The highest BCUT2D eigenvalue weighted by atomic mass is 35.5. The van der Waals surface area contributed by atoms with Gasteiger partial charge in [-0.15, -0.1) is 0 Å². The van der Waals surface area contributed by atoms with Crippen molar-refractivity contribution in [2.24, 2.45) is 0 Å². The molecule has 166 valence electrons. The second-order valence-corrected chi connectivity index (χ2v) is 8.16. The van der Waals surface area contributed by atoms with Crippen LogP contribution in [0.4, 0.5) is 17.6 Å². The highest BCUT2D eigenvalue weighted by Crippen LogP contribution is 2.33. The molecule has 0 unspecified atom stereocenters. The molecule has 0 atom stereocenters. The van der Waals surface area contributed by atoms with E-state index in [0.29, 0.717) is 16.5 Å². The van der Waals surface area contributed by atoms with E-state index in [9.17, 15) is 17.6 Å². The number of nitrogens with zero attached hydrogens (tertiary/aromatic N) is 6. The van der Waals surface area contributed by atoms with Crippen molar-refractivity contribution in [1.82, 2.24) is 29.5 Å². The maximum Gasteiger partial charge on any atom is 0.435 e. The third-order valence-corrected chi connectivity index (χ3v) is 5.12. The summed E-state index contributed by atoms with van der Waals surface area (Å²) < 4.78 is 55.6. The van der Waals surface area contributed by atoms with Crippen LogP contribution in [-0.4, -0.2) is 29.5 Å². The number of alkyl halides is 3. The lowest BCUT2D eigenvalue weighted by molar-refractivity contribution is -0.141. The number of aryl methyl sites for hydroxylation is 1. The van der Waals surface area contributed by atoms with Gasteiger partial charge in [-0.05, 0) is 45.0 Å². The fourth-order valence-electron chi connectivity index (χ4n) is 3.12. The van der Waals surface area contributed by atoms with Crippen LogP contribution in [0.1, 0.15) is 36.6 Å². The van der Waals surface area contributed by atoms with Crippen molar-refractivity contribution in [2.75, 3.05) is 0 Å². The van der Waals surface area contributed by atoms with Crippen molar-refractivity contribution in [3.8, 4) is 11.6 Å². The fourth-order valence-corrected chi connectivity index (χ4v) is 3.32. The van der Waals surface area contributed by atoms with Crippen LogP contribution >= 0.6 is 11.6 Å². The predicted molar refractivity (Wildman–Crippen MR) is 110 cm³/mol. The van der Waals surface area contributed by atoms with E-state index in [1.807, 2.05) is 13.0 Å². The lowest BCUT2D eigenvalue weighted by atomic mass is 9.84. The lowest BCUT2D eigenvalue weighted by Crippen LogP contribution is -2.24. The Morgan fingerprint density at radius 3 is 2.00 bits per heavy atom. The van der Waals surface area contributed by atoms with Gasteiger partial charge in [-0.25, -0.2) is 23.7 Å². The normalized spacial score (nSPS) is 12.4. The Bertz CT molecular complexity index is 1290. The topological polar surface area (TPSA) is 61.4 Å². The molecular weight excluding hydrogens is 448 g/mol. The zero-order valence-corrected chi connectivity index (χ0v) is 17.9. The molecule has 0 fully saturated rings. The van der Waals surface area contributed by atoms with Gasteiger partial charge in [0.05, 0.1) is 17.1 Å². The van der Waals surface area contributed by atoms with Crippen LogP contribution in [0, 0.1) is 12.7 Å². The SMILES string of the molecule is Cc1ccn(-c2cc(Cl)cc(C(C)(C)c3cc(F)cc(-n4ccc(C(F)(F)F)n4)n3)n2)n1. The number of pyridine rings is 2. The van der Waals surface area contributed by atoms with Crippen LogP contribution < -0.4 is 0 Å². The van der Waals surface area contributed by atoms with Crippen molar-refractivity contribution in [3.63, 3.8) is 0 Å². The van der Waals surface area contributed by atoms with Crippen LogP contribution in [0.5, 0.6) is 0 Å². The van der Waals surface area contributed by atoms with Gasteiger partial charge in [0.2, 0.25) is 0 Å². The van der Waals surface area contributed by atoms with E-state index in [-0.39, 0.29) is 11.5 Å². The zero-order valence-electron chi connectivity index (χ0n) is 17.2. The van der Waals surface area contributed by atoms with E-state index >= 15 is 0 Å². The van der Waals surface area contributed by atoms with Crippen LogP contribution in [-0.2, 0) is 11.6 Å². The first-order valence-corrected chi connectivity index (χ1v) is 9.83. The van der Waals surface area contributed by atoms with Gasteiger partial charge >= 0.3 is 6.18 Å². The molecule has 0 aromatic carbocycles. The molecule has 0 aliphatic rings. The molecule has 0 saturated carbocycles. The van der Waals surface area contributed by atoms with Gasteiger partial charge in [-0.2, -0.15) is 23.4 Å². The van der Waals surface area contributed by atoms with Gasteiger partial charge in [0, 0.05) is 35.0 Å². The molecule has 0 N–H and O–H groups in total. The smallest absolute Gasteiger partial charge is 0.233 e. The van der Waals surface area contributed by atoms with Crippen molar-refractivity contribution in [1.29, 1.82) is 0 Å². The summed E-state index contributed by atoms with van der Waals surface area (Å²) in [6.45, 7) is 5.36. The minimum atomic E-state index is -4.62. The summed E-state index contributed by atoms with van der Waals surface area (Å²) in [5.41, 5.74) is -0.525. The number of hydrogen-bond acceptors (Lipinski definition) is 4. The Hall–Kier alpha value is -3.27. The molecule has 0 amide bonds. The molecule has 4 rings (SSSR count). The van der Waals surface area contributed by atoms with Gasteiger partial charge in [0.25, 0.3) is 0 Å². The second-order valence-electron chi connectivity index (χ2n) is 7.73. The first-order chi connectivity index (χ1) is 14.9. The lowest BCUT2D eigenvalue weighted by Gasteiger charge is -2.25. The Morgan fingerprint density at radius 2 is 1.41 bits per heavy atom. The fraction of sp³-hybridized carbons (Fsp3) is 0.238. The molecule has 4 heterocycles. The molecule has 0 bridgehead atoms. The van der Waals surface area contributed by atoms with Crippen LogP contribution in [0.2, 0.25) is 5.02 Å². The van der Waals surface area contributed by atoms with Crippen LogP contribution in [0.3, 0.4) is 0 Å². The molecule has 0 aliphatic heterocycles. The standard InChI is InChI=1S/C21H17ClF4N6/c1-12-4-6-31(29-12)18-9-13(22)8-16(27-18)20(2,3)17-10-14(23)11-19(28-17)32-7-5-15(30-32)21(24,25)26/h4-11H,1-3H3. The summed E-state index contributed by atoms with van der Waals surface area (Å²) in [4.78, 5) is 8.99. The minimum absolute atomic E-state index is 0.0893. The third-order valence-electron chi connectivity index (χ3n) is 4.91. The Morgan fingerprint density at radius 1 is 0.812 bits per heavy atom. The maximum absolute atomic E-state index is 14.5. The van der Waals surface area contributed by atoms with Crippen LogP contribution in [0.25, 0.3) is 11.6 Å². The molecule has 0 aliphatic carbocycles. The van der Waals surface area contributed by atoms with E-state index in [4.69, 9.17) is 11.6 Å². The van der Waals surface area contributed by atoms with Gasteiger partial charge in [0.15, 0.2) is 17.3 Å². The molecule has 32 heavy (non-hydrogen) atoms. The van der Waals surface area contributed by atoms with E-state index in [1.54, 1.807) is 36.9 Å². The molecular formula is C21H17ClF4N6. The zero-order chi connectivity index (χ0) is 23.3. The average Bonchev–Trinajstić information content (AvgIpc) is 3.36. The highest BCUT2D eigenvalue weighted by molar-refractivity contribution is 6.30. The van der Waals surface area contributed by atoms with Crippen molar-refractivity contribution >= 4 is 11.6 Å². The molecule has 6 nitrogen and oxygen atoms in total. The molecule has 4 aromatic heterocycles. The number of aromatic nitrogens is 6. The summed E-state index contributed by atoms with van der Waals surface area (Å²) >= 11 is 6.31. The number of halogens is 5. The summed E-state index contributed by atoms with van der Waals surface area (Å²) in [5, 5.41) is 8.19. The monoisotopic (exact) mass is 464 g/mol. The van der Waals surface area contributed by atoms with Crippen LogP contribution in [0.15, 0.2) is 48.8 Å². The number of hydrogen-bond donors (Lipinski definition) is 0. The van der Waals surface area contributed by atoms with Gasteiger partial charge in [-0.3, -0.25) is 0 Å². The predicted octanol–water partition coefficient (Wildman–Crippen LogP) is 5.29. The largest absolute Gasteiger partial charge is 0.435 e. The van der Waals surface area contributed by atoms with Crippen molar-refractivity contribution < 1.29 is 17.6 Å². The first-order valence-electron chi connectivity index (χ1n) is 9.45. The number of rotatable bonds is 4.